The van der Waals surface area contributed by atoms with Gasteiger partial charge in [-0.2, -0.15) is 5.10 Å². The van der Waals surface area contributed by atoms with E-state index in [-0.39, 0.29) is 0 Å². The van der Waals surface area contributed by atoms with Crippen LogP contribution in [0.2, 0.25) is 0 Å². The molecule has 0 unspecified atom stereocenters. The number of hydrogen-bond donors (Lipinski definition) is 1. The lowest BCUT2D eigenvalue weighted by Crippen LogP contribution is -2.29. The van der Waals surface area contributed by atoms with Crippen LogP contribution in [0.3, 0.4) is 0 Å². The number of nitrogens with zero attached hydrogens (tertiary/aromatic N) is 4. The van der Waals surface area contributed by atoms with Gasteiger partial charge in [0.25, 0.3) is 0 Å². The van der Waals surface area contributed by atoms with Crippen LogP contribution in [0.15, 0.2) is 42.7 Å². The molecule has 4 rings (SSSR count). The van der Waals surface area contributed by atoms with Crippen LogP contribution in [0.5, 0.6) is 5.75 Å². The number of rotatable bonds is 2. The van der Waals surface area contributed by atoms with E-state index < -0.39 is 0 Å². The van der Waals surface area contributed by atoms with Crippen LogP contribution in [0.25, 0.3) is 5.65 Å². The number of benzene rings is 1. The minimum atomic E-state index is 0.319. The van der Waals surface area contributed by atoms with Gasteiger partial charge >= 0.3 is 0 Å². The van der Waals surface area contributed by atoms with Gasteiger partial charge in [-0.1, -0.05) is 12.1 Å². The fourth-order valence-corrected chi connectivity index (χ4v) is 3.02. The van der Waals surface area contributed by atoms with E-state index in [0.717, 1.165) is 43.0 Å². The molecule has 0 saturated heterocycles. The second-order valence-electron chi connectivity index (χ2n) is 5.39. The zero-order valence-electron chi connectivity index (χ0n) is 11.6. The first-order valence-corrected chi connectivity index (χ1v) is 7.16. The highest BCUT2D eigenvalue weighted by atomic mass is 16.3. The molecule has 0 saturated carbocycles. The van der Waals surface area contributed by atoms with Crippen molar-refractivity contribution >= 4 is 11.3 Å². The molecule has 106 valence electrons. The fraction of sp³-hybridized carbons (Fsp3) is 0.250. The summed E-state index contributed by atoms with van der Waals surface area (Å²) in [6, 6.07) is 11.7. The Bertz CT molecular complexity index is 796. The summed E-state index contributed by atoms with van der Waals surface area (Å²) in [5.41, 5.74) is 4.38. The predicted octanol–water partition coefficient (Wildman–Crippen LogP) is 2.39. The van der Waals surface area contributed by atoms with Gasteiger partial charge in [0, 0.05) is 18.3 Å². The second-order valence-corrected chi connectivity index (χ2v) is 5.39. The van der Waals surface area contributed by atoms with E-state index in [1.54, 1.807) is 12.4 Å². The van der Waals surface area contributed by atoms with Crippen molar-refractivity contribution in [2.24, 2.45) is 0 Å². The standard InChI is InChI=1S/C16H16N4O/c21-14-7-6-12-3-2-8-19(15(12)9-14)10-13-4-1-5-16-17-11-18-20(13)16/h1,4-7,9,11,21H,2-3,8,10H2. The van der Waals surface area contributed by atoms with Crippen molar-refractivity contribution in [3.05, 3.63) is 54.0 Å². The van der Waals surface area contributed by atoms with Crippen molar-refractivity contribution < 1.29 is 5.11 Å². The van der Waals surface area contributed by atoms with Crippen LogP contribution in [-0.2, 0) is 13.0 Å². The summed E-state index contributed by atoms with van der Waals surface area (Å²) in [5, 5.41) is 14.0. The molecule has 0 amide bonds. The molecule has 0 radical (unpaired) electrons. The van der Waals surface area contributed by atoms with Crippen LogP contribution < -0.4 is 4.90 Å². The largest absolute Gasteiger partial charge is 0.508 e. The lowest BCUT2D eigenvalue weighted by molar-refractivity contribution is 0.474. The molecular formula is C16H16N4O. The average Bonchev–Trinajstić information content (AvgIpc) is 2.97. The molecule has 1 aliphatic heterocycles. The van der Waals surface area contributed by atoms with E-state index >= 15 is 0 Å². The average molecular weight is 280 g/mol. The van der Waals surface area contributed by atoms with Gasteiger partial charge in [-0.05, 0) is 36.6 Å². The molecule has 2 aromatic heterocycles. The molecule has 0 aliphatic carbocycles. The normalized spacial score (nSPS) is 14.4. The third kappa shape index (κ3) is 2.11. The zero-order valence-corrected chi connectivity index (χ0v) is 11.6. The van der Waals surface area contributed by atoms with Gasteiger partial charge in [0.05, 0.1) is 12.2 Å². The topological polar surface area (TPSA) is 53.7 Å². The Hall–Kier alpha value is -2.56. The van der Waals surface area contributed by atoms with Crippen molar-refractivity contribution in [3.8, 4) is 5.75 Å². The van der Waals surface area contributed by atoms with E-state index in [4.69, 9.17) is 0 Å². The summed E-state index contributed by atoms with van der Waals surface area (Å²) >= 11 is 0. The molecule has 0 fully saturated rings. The maximum atomic E-state index is 9.76. The quantitative estimate of drug-likeness (QED) is 0.783. The van der Waals surface area contributed by atoms with Gasteiger partial charge in [0.2, 0.25) is 0 Å². The molecule has 3 heterocycles. The number of aromatic nitrogens is 3. The van der Waals surface area contributed by atoms with Crippen LogP contribution in [0.1, 0.15) is 17.7 Å². The second kappa shape index (κ2) is 4.77. The van der Waals surface area contributed by atoms with Gasteiger partial charge in [-0.3, -0.25) is 0 Å². The highest BCUT2D eigenvalue weighted by molar-refractivity contribution is 5.58. The van der Waals surface area contributed by atoms with Crippen molar-refractivity contribution in [3.63, 3.8) is 0 Å². The smallest absolute Gasteiger partial charge is 0.155 e. The van der Waals surface area contributed by atoms with Crippen molar-refractivity contribution in [1.29, 1.82) is 0 Å². The molecule has 1 N–H and O–H groups in total. The zero-order chi connectivity index (χ0) is 14.2. The van der Waals surface area contributed by atoms with Gasteiger partial charge in [-0.25, -0.2) is 9.50 Å². The number of hydrogen-bond acceptors (Lipinski definition) is 4. The highest BCUT2D eigenvalue weighted by Crippen LogP contribution is 2.31. The van der Waals surface area contributed by atoms with E-state index in [1.165, 1.54) is 5.56 Å². The third-order valence-electron chi connectivity index (χ3n) is 4.02. The Morgan fingerprint density at radius 3 is 3.10 bits per heavy atom. The number of phenols is 1. The fourth-order valence-electron chi connectivity index (χ4n) is 3.02. The molecular weight excluding hydrogens is 264 g/mol. The molecule has 21 heavy (non-hydrogen) atoms. The summed E-state index contributed by atoms with van der Waals surface area (Å²) in [7, 11) is 0. The van der Waals surface area contributed by atoms with Crippen LogP contribution in [0.4, 0.5) is 5.69 Å². The van der Waals surface area contributed by atoms with Gasteiger partial charge in [0.15, 0.2) is 5.65 Å². The van der Waals surface area contributed by atoms with Crippen LogP contribution >= 0.6 is 0 Å². The summed E-state index contributed by atoms with van der Waals surface area (Å²) < 4.78 is 1.87. The SMILES string of the molecule is Oc1ccc2c(c1)N(Cc1cccc3ncnn13)CCC2. The molecule has 0 bridgehead atoms. The monoisotopic (exact) mass is 280 g/mol. The van der Waals surface area contributed by atoms with E-state index in [9.17, 15) is 5.11 Å². The van der Waals surface area contributed by atoms with Crippen LogP contribution in [0, 0.1) is 0 Å². The van der Waals surface area contributed by atoms with Gasteiger partial charge in [0.1, 0.15) is 12.1 Å². The first-order valence-electron chi connectivity index (χ1n) is 7.16. The number of anilines is 1. The predicted molar refractivity (Wildman–Crippen MR) is 80.5 cm³/mol. The van der Waals surface area contributed by atoms with Gasteiger partial charge < -0.3 is 10.0 Å². The highest BCUT2D eigenvalue weighted by Gasteiger charge is 2.18. The van der Waals surface area contributed by atoms with Crippen molar-refractivity contribution in [1.82, 2.24) is 14.6 Å². The maximum absolute atomic E-state index is 9.76. The molecule has 1 aromatic carbocycles. The Morgan fingerprint density at radius 2 is 2.14 bits per heavy atom. The van der Waals surface area contributed by atoms with E-state index in [1.807, 2.05) is 28.8 Å². The Morgan fingerprint density at radius 1 is 1.19 bits per heavy atom. The molecule has 1 aliphatic rings. The van der Waals surface area contributed by atoms with Crippen molar-refractivity contribution in [2.45, 2.75) is 19.4 Å². The Kier molecular flexibility index (Phi) is 2.77. The minimum absolute atomic E-state index is 0.319. The van der Waals surface area contributed by atoms with Gasteiger partial charge in [-0.15, -0.1) is 0 Å². The molecule has 0 spiro atoms. The number of phenolic OH excluding ortho intramolecular Hbond substituents is 1. The molecule has 5 heteroatoms. The van der Waals surface area contributed by atoms with E-state index in [0.29, 0.717) is 5.75 Å². The number of fused-ring (bicyclic) bond motifs is 2. The Balaban J connectivity index is 1.73. The lowest BCUT2D eigenvalue weighted by atomic mass is 10.0. The first-order chi connectivity index (χ1) is 10.3. The Labute approximate surface area is 122 Å². The maximum Gasteiger partial charge on any atom is 0.155 e. The number of aromatic hydroxyl groups is 1. The number of aryl methyl sites for hydroxylation is 1. The molecule has 0 atom stereocenters. The molecule has 3 aromatic rings. The summed E-state index contributed by atoms with van der Waals surface area (Å²) in [6.07, 6.45) is 3.78. The summed E-state index contributed by atoms with van der Waals surface area (Å²) in [4.78, 5) is 6.52. The summed E-state index contributed by atoms with van der Waals surface area (Å²) in [5.74, 6) is 0.319. The minimum Gasteiger partial charge on any atom is -0.508 e. The molecule has 5 nitrogen and oxygen atoms in total. The number of pyridine rings is 1. The lowest BCUT2D eigenvalue weighted by Gasteiger charge is -2.31. The first kappa shape index (κ1) is 12.2. The van der Waals surface area contributed by atoms with Crippen molar-refractivity contribution in [2.75, 3.05) is 11.4 Å². The van der Waals surface area contributed by atoms with Crippen LogP contribution in [-0.4, -0.2) is 26.2 Å². The third-order valence-corrected chi connectivity index (χ3v) is 4.02. The van der Waals surface area contributed by atoms with E-state index in [2.05, 4.69) is 21.0 Å². The summed E-state index contributed by atoms with van der Waals surface area (Å²) in [6.45, 7) is 1.75.